The molecule has 2 aromatic rings. The van der Waals surface area contributed by atoms with Crippen LogP contribution in [0, 0.1) is 0 Å². The van der Waals surface area contributed by atoms with Gasteiger partial charge in [-0.05, 0) is 19.1 Å². The highest BCUT2D eigenvalue weighted by atomic mass is 35.5. The molecule has 0 radical (unpaired) electrons. The van der Waals surface area contributed by atoms with Gasteiger partial charge in [0.25, 0.3) is 5.56 Å². The molecule has 2 heterocycles. The number of rotatable bonds is 3. The van der Waals surface area contributed by atoms with Gasteiger partial charge in [0.15, 0.2) is 0 Å². The lowest BCUT2D eigenvalue weighted by Gasteiger charge is -2.33. The van der Waals surface area contributed by atoms with E-state index >= 15 is 0 Å². The molecule has 21 heavy (non-hydrogen) atoms. The van der Waals surface area contributed by atoms with Gasteiger partial charge in [0, 0.05) is 38.6 Å². The van der Waals surface area contributed by atoms with Crippen LogP contribution in [0.4, 0.5) is 0 Å². The number of halogens is 1. The summed E-state index contributed by atoms with van der Waals surface area (Å²) in [7, 11) is 0. The zero-order chi connectivity index (χ0) is 13.9. The molecule has 1 saturated heterocycles. The first-order valence-electron chi connectivity index (χ1n) is 7.17. The number of para-hydroxylation sites is 1. The summed E-state index contributed by atoms with van der Waals surface area (Å²) < 4.78 is 0. The molecule has 0 bridgehead atoms. The Hall–Kier alpha value is -1.43. The third-order valence-corrected chi connectivity index (χ3v) is 3.94. The van der Waals surface area contributed by atoms with Crippen LogP contribution in [0.1, 0.15) is 12.7 Å². The van der Waals surface area contributed by atoms with Gasteiger partial charge >= 0.3 is 0 Å². The van der Waals surface area contributed by atoms with Crippen molar-refractivity contribution in [3.05, 3.63) is 40.4 Å². The van der Waals surface area contributed by atoms with Crippen molar-refractivity contribution in [2.24, 2.45) is 0 Å². The highest BCUT2D eigenvalue weighted by Crippen LogP contribution is 2.07. The number of benzene rings is 1. The van der Waals surface area contributed by atoms with Gasteiger partial charge in [-0.3, -0.25) is 9.69 Å². The molecule has 1 atom stereocenters. The molecule has 1 aromatic heterocycles. The van der Waals surface area contributed by atoms with Crippen molar-refractivity contribution in [2.75, 3.05) is 26.2 Å². The van der Waals surface area contributed by atoms with Crippen LogP contribution >= 0.6 is 12.4 Å². The van der Waals surface area contributed by atoms with Gasteiger partial charge in [-0.2, -0.15) is 0 Å². The molecule has 6 heteroatoms. The smallest absolute Gasteiger partial charge is 0.258 e. The number of H-pyrrole nitrogens is 1. The number of aromatic nitrogens is 2. The number of fused-ring (bicyclic) bond motifs is 1. The maximum Gasteiger partial charge on any atom is 0.258 e. The maximum absolute atomic E-state index is 12.0. The zero-order valence-electron chi connectivity index (χ0n) is 12.1. The topological polar surface area (TPSA) is 61.0 Å². The van der Waals surface area contributed by atoms with E-state index in [1.54, 1.807) is 0 Å². The van der Waals surface area contributed by atoms with E-state index in [0.717, 1.165) is 43.9 Å². The van der Waals surface area contributed by atoms with Gasteiger partial charge in [0.1, 0.15) is 5.82 Å². The molecule has 1 fully saturated rings. The monoisotopic (exact) mass is 308 g/mol. The average Bonchev–Trinajstić information content (AvgIpc) is 2.46. The minimum absolute atomic E-state index is 0. The normalized spacial score (nSPS) is 19.4. The van der Waals surface area contributed by atoms with Gasteiger partial charge in [-0.25, -0.2) is 4.98 Å². The Labute approximate surface area is 130 Å². The quantitative estimate of drug-likeness (QED) is 0.894. The van der Waals surface area contributed by atoms with Crippen molar-refractivity contribution in [3.8, 4) is 0 Å². The average molecular weight is 309 g/mol. The number of hydrogen-bond donors (Lipinski definition) is 2. The Morgan fingerprint density at radius 3 is 3.00 bits per heavy atom. The summed E-state index contributed by atoms with van der Waals surface area (Å²) in [6.45, 7) is 6.28. The van der Waals surface area contributed by atoms with Gasteiger partial charge in [-0.15, -0.1) is 12.4 Å². The second kappa shape index (κ2) is 7.02. The van der Waals surface area contributed by atoms with Crippen molar-refractivity contribution < 1.29 is 0 Å². The predicted octanol–water partition coefficient (Wildman–Crippen LogP) is 1.18. The van der Waals surface area contributed by atoms with Crippen LogP contribution in [0.25, 0.3) is 10.9 Å². The zero-order valence-corrected chi connectivity index (χ0v) is 12.9. The fourth-order valence-electron chi connectivity index (χ4n) is 2.72. The summed E-state index contributed by atoms with van der Waals surface area (Å²) >= 11 is 0. The van der Waals surface area contributed by atoms with Crippen molar-refractivity contribution in [2.45, 2.75) is 19.4 Å². The Morgan fingerprint density at radius 1 is 1.38 bits per heavy atom. The van der Waals surface area contributed by atoms with Crippen LogP contribution in [-0.2, 0) is 6.42 Å². The number of nitrogens with zero attached hydrogens (tertiary/aromatic N) is 2. The Balaban J connectivity index is 0.00000161. The van der Waals surface area contributed by atoms with Crippen LogP contribution < -0.4 is 10.9 Å². The summed E-state index contributed by atoms with van der Waals surface area (Å²) in [6, 6.07) is 8.01. The Bertz CT molecular complexity index is 657. The lowest BCUT2D eigenvalue weighted by Crippen LogP contribution is -2.50. The van der Waals surface area contributed by atoms with Gasteiger partial charge < -0.3 is 10.3 Å². The number of aromatic amines is 1. The van der Waals surface area contributed by atoms with E-state index in [4.69, 9.17) is 0 Å². The van der Waals surface area contributed by atoms with Crippen molar-refractivity contribution in [1.82, 2.24) is 20.2 Å². The van der Waals surface area contributed by atoms with Gasteiger partial charge in [0.05, 0.1) is 10.9 Å². The minimum atomic E-state index is -0.0426. The standard InChI is InChI=1S/C15H20N4O.ClH/c1-11-10-16-7-9-19(11)8-6-14-17-13-5-3-2-4-12(13)15(20)18-14;/h2-5,11,16H,6-10H2,1H3,(H,17,18,20);1H/t11-;/m1./s1. The molecule has 3 rings (SSSR count). The summed E-state index contributed by atoms with van der Waals surface area (Å²) in [6.07, 6.45) is 0.782. The molecular weight excluding hydrogens is 288 g/mol. The van der Waals surface area contributed by atoms with Crippen LogP contribution in [0.3, 0.4) is 0 Å². The van der Waals surface area contributed by atoms with Crippen molar-refractivity contribution in [3.63, 3.8) is 0 Å². The molecule has 0 unspecified atom stereocenters. The SMILES string of the molecule is C[C@@H]1CNCCN1CCc1nc2ccccc2c(=O)[nH]1.Cl. The van der Waals surface area contributed by atoms with E-state index in [9.17, 15) is 4.79 Å². The fourth-order valence-corrected chi connectivity index (χ4v) is 2.72. The van der Waals surface area contributed by atoms with Crippen molar-refractivity contribution >= 4 is 23.3 Å². The molecule has 0 saturated carbocycles. The Kier molecular flexibility index (Phi) is 5.33. The van der Waals surface area contributed by atoms with E-state index in [-0.39, 0.29) is 18.0 Å². The molecule has 0 aliphatic carbocycles. The molecule has 1 aliphatic rings. The minimum Gasteiger partial charge on any atom is -0.314 e. The summed E-state index contributed by atoms with van der Waals surface area (Å²) in [4.78, 5) is 21.9. The molecule has 1 aliphatic heterocycles. The lowest BCUT2D eigenvalue weighted by atomic mass is 10.2. The molecular formula is C15H21ClN4O. The molecule has 2 N–H and O–H groups in total. The second-order valence-electron chi connectivity index (χ2n) is 5.37. The lowest BCUT2D eigenvalue weighted by molar-refractivity contribution is 0.175. The van der Waals surface area contributed by atoms with Crippen LogP contribution in [0.2, 0.25) is 0 Å². The summed E-state index contributed by atoms with van der Waals surface area (Å²) in [5, 5.41) is 4.04. The molecule has 1 aromatic carbocycles. The van der Waals surface area contributed by atoms with E-state index in [1.807, 2.05) is 24.3 Å². The molecule has 0 amide bonds. The summed E-state index contributed by atoms with van der Waals surface area (Å²) in [5.74, 6) is 0.777. The largest absolute Gasteiger partial charge is 0.314 e. The van der Waals surface area contributed by atoms with E-state index in [0.29, 0.717) is 11.4 Å². The van der Waals surface area contributed by atoms with Crippen LogP contribution in [0.5, 0.6) is 0 Å². The number of hydrogen-bond acceptors (Lipinski definition) is 4. The molecule has 0 spiro atoms. The maximum atomic E-state index is 12.0. The third kappa shape index (κ3) is 3.61. The highest BCUT2D eigenvalue weighted by molar-refractivity contribution is 5.85. The second-order valence-corrected chi connectivity index (χ2v) is 5.37. The first kappa shape index (κ1) is 15.9. The fraction of sp³-hybridized carbons (Fsp3) is 0.467. The number of nitrogens with one attached hydrogen (secondary N) is 2. The Morgan fingerprint density at radius 2 is 2.19 bits per heavy atom. The first-order valence-corrected chi connectivity index (χ1v) is 7.17. The predicted molar refractivity (Wildman–Crippen MR) is 87.2 cm³/mol. The first-order chi connectivity index (χ1) is 9.74. The van der Waals surface area contributed by atoms with Crippen molar-refractivity contribution in [1.29, 1.82) is 0 Å². The number of piperazine rings is 1. The third-order valence-electron chi connectivity index (χ3n) is 3.94. The van der Waals surface area contributed by atoms with E-state index < -0.39 is 0 Å². The highest BCUT2D eigenvalue weighted by Gasteiger charge is 2.17. The van der Waals surface area contributed by atoms with Crippen LogP contribution in [-0.4, -0.2) is 47.1 Å². The summed E-state index contributed by atoms with van der Waals surface area (Å²) in [5.41, 5.74) is 0.735. The molecule has 114 valence electrons. The van der Waals surface area contributed by atoms with E-state index in [2.05, 4.69) is 27.1 Å². The van der Waals surface area contributed by atoms with E-state index in [1.165, 1.54) is 0 Å². The van der Waals surface area contributed by atoms with Gasteiger partial charge in [-0.1, -0.05) is 12.1 Å². The van der Waals surface area contributed by atoms with Gasteiger partial charge in [0.2, 0.25) is 0 Å². The molecule has 5 nitrogen and oxygen atoms in total. The van der Waals surface area contributed by atoms with Crippen LogP contribution in [0.15, 0.2) is 29.1 Å².